The molecule has 2 amide bonds. The molecule has 0 bridgehead atoms. The zero-order valence-corrected chi connectivity index (χ0v) is 11.6. The zero-order chi connectivity index (χ0) is 14.2. The molecule has 1 unspecified atom stereocenters. The van der Waals surface area contributed by atoms with Gasteiger partial charge in [-0.3, -0.25) is 19.5 Å². The van der Waals surface area contributed by atoms with Crippen LogP contribution in [0, 0.1) is 0 Å². The number of amides is 2. The van der Waals surface area contributed by atoms with Crippen molar-refractivity contribution in [2.75, 3.05) is 4.90 Å². The molecule has 1 saturated heterocycles. The smallest absolute Gasteiger partial charge is 0.253 e. The fraction of sp³-hybridized carbons (Fsp3) is 0.533. The summed E-state index contributed by atoms with van der Waals surface area (Å²) >= 11 is 0. The number of carbonyl (C=O) groups excluding carboxylic acids is 2. The lowest BCUT2D eigenvalue weighted by Gasteiger charge is -2.46. The Kier molecular flexibility index (Phi) is 3.20. The zero-order valence-electron chi connectivity index (χ0n) is 11.6. The van der Waals surface area contributed by atoms with Crippen molar-refractivity contribution in [3.63, 3.8) is 0 Å². The molecule has 5 nitrogen and oxygen atoms in total. The molecule has 1 atom stereocenters. The quantitative estimate of drug-likeness (QED) is 0.846. The van der Waals surface area contributed by atoms with Crippen molar-refractivity contribution in [1.82, 2.24) is 10.3 Å². The second-order valence-corrected chi connectivity index (χ2v) is 5.69. The number of rotatable bonds is 1. The van der Waals surface area contributed by atoms with Crippen molar-refractivity contribution < 1.29 is 9.59 Å². The number of carbonyl (C=O) groups is 2. The van der Waals surface area contributed by atoms with E-state index in [0.29, 0.717) is 5.69 Å². The normalized spacial score (nSPS) is 25.6. The molecule has 20 heavy (non-hydrogen) atoms. The van der Waals surface area contributed by atoms with Crippen LogP contribution in [0.25, 0.3) is 0 Å². The van der Waals surface area contributed by atoms with E-state index in [9.17, 15) is 9.59 Å². The molecule has 0 aromatic carbocycles. The third-order valence-corrected chi connectivity index (χ3v) is 4.39. The van der Waals surface area contributed by atoms with Gasteiger partial charge in [-0.25, -0.2) is 0 Å². The van der Waals surface area contributed by atoms with Crippen molar-refractivity contribution >= 4 is 17.5 Å². The van der Waals surface area contributed by atoms with Crippen molar-refractivity contribution in [2.24, 2.45) is 0 Å². The first kappa shape index (κ1) is 13.1. The summed E-state index contributed by atoms with van der Waals surface area (Å²) in [6, 6.07) is 3.13. The minimum atomic E-state index is -0.697. The Morgan fingerprint density at radius 1 is 1.30 bits per heavy atom. The van der Waals surface area contributed by atoms with Crippen LogP contribution in [0.2, 0.25) is 0 Å². The van der Waals surface area contributed by atoms with E-state index in [2.05, 4.69) is 10.3 Å². The molecule has 0 radical (unpaired) electrons. The first-order valence-corrected chi connectivity index (χ1v) is 7.20. The molecule has 1 aliphatic heterocycles. The molecular formula is C15H19N3O2. The summed E-state index contributed by atoms with van der Waals surface area (Å²) in [4.78, 5) is 30.9. The Bertz CT molecular complexity index is 523. The van der Waals surface area contributed by atoms with Gasteiger partial charge in [0.1, 0.15) is 11.6 Å². The Labute approximate surface area is 118 Å². The fourth-order valence-electron chi connectivity index (χ4n) is 3.25. The highest BCUT2D eigenvalue weighted by atomic mass is 16.2. The van der Waals surface area contributed by atoms with Gasteiger partial charge in [0.15, 0.2) is 0 Å². The van der Waals surface area contributed by atoms with Gasteiger partial charge in [0.05, 0.1) is 11.9 Å². The van der Waals surface area contributed by atoms with Crippen LogP contribution in [0.1, 0.15) is 39.0 Å². The topological polar surface area (TPSA) is 62.3 Å². The summed E-state index contributed by atoms with van der Waals surface area (Å²) in [5.74, 6) is -0.0624. The average Bonchev–Trinajstić information content (AvgIpc) is 2.48. The summed E-state index contributed by atoms with van der Waals surface area (Å²) in [5.41, 5.74) is 0.00215. The lowest BCUT2D eigenvalue weighted by Crippen LogP contribution is -2.70. The molecule has 106 valence electrons. The maximum Gasteiger partial charge on any atom is 0.253 e. The van der Waals surface area contributed by atoms with E-state index in [4.69, 9.17) is 0 Å². The molecule has 1 aromatic rings. The third-order valence-electron chi connectivity index (χ3n) is 4.39. The van der Waals surface area contributed by atoms with Crippen LogP contribution in [0.4, 0.5) is 5.69 Å². The predicted octanol–water partition coefficient (Wildman–Crippen LogP) is 1.64. The SMILES string of the molecule is CC1C(=O)NC2(CCCCC2)C(=O)N1c1cccnc1. The average molecular weight is 273 g/mol. The highest BCUT2D eigenvalue weighted by Crippen LogP contribution is 2.35. The summed E-state index contributed by atoms with van der Waals surface area (Å²) in [5, 5.41) is 2.98. The van der Waals surface area contributed by atoms with E-state index >= 15 is 0 Å². The fourth-order valence-corrected chi connectivity index (χ4v) is 3.25. The lowest BCUT2D eigenvalue weighted by molar-refractivity contribution is -0.139. The van der Waals surface area contributed by atoms with Gasteiger partial charge in [-0.05, 0) is 31.9 Å². The van der Waals surface area contributed by atoms with Gasteiger partial charge in [0.2, 0.25) is 5.91 Å². The van der Waals surface area contributed by atoms with E-state index in [1.54, 1.807) is 30.3 Å². The number of hydrogen-bond donors (Lipinski definition) is 1. The summed E-state index contributed by atoms with van der Waals surface area (Å²) in [7, 11) is 0. The van der Waals surface area contributed by atoms with Gasteiger partial charge in [-0.1, -0.05) is 19.3 Å². The van der Waals surface area contributed by atoms with E-state index in [0.717, 1.165) is 32.1 Å². The molecule has 1 saturated carbocycles. The number of hydrogen-bond acceptors (Lipinski definition) is 3. The van der Waals surface area contributed by atoms with Crippen LogP contribution in [0.5, 0.6) is 0 Å². The van der Waals surface area contributed by atoms with Crippen molar-refractivity contribution in [3.05, 3.63) is 24.5 Å². The Morgan fingerprint density at radius 2 is 2.05 bits per heavy atom. The molecule has 1 aromatic heterocycles. The maximum absolute atomic E-state index is 12.9. The molecule has 2 aliphatic rings. The van der Waals surface area contributed by atoms with Gasteiger partial charge in [-0.2, -0.15) is 0 Å². The van der Waals surface area contributed by atoms with Crippen LogP contribution >= 0.6 is 0 Å². The van der Waals surface area contributed by atoms with Crippen LogP contribution in [0.3, 0.4) is 0 Å². The van der Waals surface area contributed by atoms with Crippen LogP contribution < -0.4 is 10.2 Å². The van der Waals surface area contributed by atoms with Gasteiger partial charge >= 0.3 is 0 Å². The lowest BCUT2D eigenvalue weighted by atomic mass is 9.78. The number of pyridine rings is 1. The van der Waals surface area contributed by atoms with Gasteiger partial charge < -0.3 is 5.32 Å². The summed E-state index contributed by atoms with van der Waals surface area (Å²) in [6.07, 6.45) is 7.89. The van der Waals surface area contributed by atoms with Crippen LogP contribution in [-0.4, -0.2) is 28.4 Å². The van der Waals surface area contributed by atoms with E-state index < -0.39 is 11.6 Å². The number of aromatic nitrogens is 1. The summed E-state index contributed by atoms with van der Waals surface area (Å²) < 4.78 is 0. The monoisotopic (exact) mass is 273 g/mol. The standard InChI is InChI=1S/C15H19N3O2/c1-11-13(19)17-15(7-3-2-4-8-15)14(20)18(11)12-6-5-9-16-10-12/h5-6,9-11H,2-4,7-8H2,1H3,(H,17,19). The molecule has 1 aliphatic carbocycles. The molecular weight excluding hydrogens is 254 g/mol. The number of nitrogens with zero attached hydrogens (tertiary/aromatic N) is 2. The van der Waals surface area contributed by atoms with Crippen molar-refractivity contribution in [3.8, 4) is 0 Å². The second kappa shape index (κ2) is 4.89. The van der Waals surface area contributed by atoms with E-state index in [1.807, 2.05) is 6.07 Å². The maximum atomic E-state index is 12.9. The predicted molar refractivity (Wildman–Crippen MR) is 75.1 cm³/mol. The van der Waals surface area contributed by atoms with Gasteiger partial charge in [-0.15, -0.1) is 0 Å². The minimum Gasteiger partial charge on any atom is -0.340 e. The van der Waals surface area contributed by atoms with Crippen LogP contribution in [-0.2, 0) is 9.59 Å². The first-order chi connectivity index (χ1) is 9.64. The molecule has 3 rings (SSSR count). The van der Waals surface area contributed by atoms with Gasteiger partial charge in [0, 0.05) is 6.20 Å². The summed E-state index contributed by atoms with van der Waals surface area (Å²) in [6.45, 7) is 1.76. The third kappa shape index (κ3) is 1.97. The number of nitrogens with one attached hydrogen (secondary N) is 1. The molecule has 1 spiro atoms. The number of anilines is 1. The molecule has 1 N–H and O–H groups in total. The molecule has 2 heterocycles. The van der Waals surface area contributed by atoms with Crippen LogP contribution in [0.15, 0.2) is 24.5 Å². The Balaban J connectivity index is 1.99. The highest BCUT2D eigenvalue weighted by molar-refractivity contribution is 6.10. The van der Waals surface area contributed by atoms with Crippen molar-refractivity contribution in [1.29, 1.82) is 0 Å². The first-order valence-electron chi connectivity index (χ1n) is 7.20. The minimum absolute atomic E-state index is 0.0114. The molecule has 2 fully saturated rings. The van der Waals surface area contributed by atoms with Gasteiger partial charge in [0.25, 0.3) is 5.91 Å². The Morgan fingerprint density at radius 3 is 2.70 bits per heavy atom. The van der Waals surface area contributed by atoms with E-state index in [1.165, 1.54) is 0 Å². The number of piperazine rings is 1. The second-order valence-electron chi connectivity index (χ2n) is 5.69. The largest absolute Gasteiger partial charge is 0.340 e. The Hall–Kier alpha value is -1.91. The molecule has 5 heteroatoms. The van der Waals surface area contributed by atoms with E-state index in [-0.39, 0.29) is 11.8 Å². The van der Waals surface area contributed by atoms with Crippen molar-refractivity contribution in [2.45, 2.75) is 50.6 Å². The highest BCUT2D eigenvalue weighted by Gasteiger charge is 2.50.